The summed E-state index contributed by atoms with van der Waals surface area (Å²) in [6.07, 6.45) is -4.22. The zero-order valence-corrected chi connectivity index (χ0v) is 11.9. The minimum atomic E-state index is -4.56. The molecule has 0 saturated heterocycles. The van der Waals surface area contributed by atoms with E-state index in [1.165, 1.54) is 6.07 Å². The van der Waals surface area contributed by atoms with E-state index in [2.05, 4.69) is 4.98 Å². The molecule has 2 nitrogen and oxygen atoms in total. The van der Waals surface area contributed by atoms with Crippen LogP contribution in [0.1, 0.15) is 11.1 Å². The highest BCUT2D eigenvalue weighted by atomic mass is 35.5. The van der Waals surface area contributed by atoms with Gasteiger partial charge in [-0.05, 0) is 17.7 Å². The summed E-state index contributed by atoms with van der Waals surface area (Å²) >= 11 is 11.9. The molecule has 0 radical (unpaired) electrons. The molecule has 0 unspecified atom stereocenters. The Morgan fingerprint density at radius 3 is 2.57 bits per heavy atom. The molecule has 0 aliphatic heterocycles. The first-order valence-electron chi connectivity index (χ1n) is 5.72. The maximum absolute atomic E-state index is 12.9. The van der Waals surface area contributed by atoms with Crippen molar-refractivity contribution < 1.29 is 13.2 Å². The number of rotatable bonds is 2. The Bertz CT molecular complexity index is 721. The highest BCUT2D eigenvalue weighted by Gasteiger charge is 2.34. The van der Waals surface area contributed by atoms with Gasteiger partial charge in [0.15, 0.2) is 0 Å². The summed E-state index contributed by atoms with van der Waals surface area (Å²) in [6, 6.07) is 7.70. The summed E-state index contributed by atoms with van der Waals surface area (Å²) in [5.74, 6) is 0. The summed E-state index contributed by atoms with van der Waals surface area (Å²) in [5, 5.41) is 9.16. The minimum absolute atomic E-state index is 0.147. The van der Waals surface area contributed by atoms with Gasteiger partial charge in [-0.25, -0.2) is 0 Å². The first-order chi connectivity index (χ1) is 9.84. The first kappa shape index (κ1) is 15.6. The summed E-state index contributed by atoms with van der Waals surface area (Å²) in [6.45, 7) is 0. The van der Waals surface area contributed by atoms with E-state index in [0.717, 1.165) is 0 Å². The summed E-state index contributed by atoms with van der Waals surface area (Å²) in [5.41, 5.74) is -0.421. The lowest BCUT2D eigenvalue weighted by Crippen LogP contribution is -2.10. The molecule has 108 valence electrons. The second-order valence-corrected chi connectivity index (χ2v) is 4.95. The molecule has 0 bridgehead atoms. The molecule has 0 N–H and O–H groups in total. The molecule has 0 aliphatic rings. The third kappa shape index (κ3) is 3.29. The number of alkyl halides is 3. The molecule has 1 aromatic carbocycles. The van der Waals surface area contributed by atoms with Gasteiger partial charge in [0, 0.05) is 11.8 Å². The van der Waals surface area contributed by atoms with Crippen LogP contribution < -0.4 is 0 Å². The van der Waals surface area contributed by atoms with Gasteiger partial charge in [-0.3, -0.25) is 4.98 Å². The second-order valence-electron chi connectivity index (χ2n) is 4.16. The van der Waals surface area contributed by atoms with Crippen molar-refractivity contribution in [1.29, 1.82) is 5.26 Å². The van der Waals surface area contributed by atoms with Crippen molar-refractivity contribution in [1.82, 2.24) is 4.98 Å². The second kappa shape index (κ2) is 5.92. The predicted octanol–water partition coefficient (Wildman–Crippen LogP) is 5.14. The molecule has 0 saturated carbocycles. The Kier molecular flexibility index (Phi) is 4.40. The van der Waals surface area contributed by atoms with Crippen LogP contribution in [-0.2, 0) is 12.6 Å². The largest absolute Gasteiger partial charge is 0.418 e. The number of aromatic nitrogens is 1. The number of hydrogen-bond acceptors (Lipinski definition) is 2. The van der Waals surface area contributed by atoms with Crippen molar-refractivity contribution in [3.8, 4) is 17.3 Å². The summed E-state index contributed by atoms with van der Waals surface area (Å²) < 4.78 is 38.6. The highest BCUT2D eigenvalue weighted by molar-refractivity contribution is 6.43. The van der Waals surface area contributed by atoms with Gasteiger partial charge in [-0.1, -0.05) is 35.3 Å². The van der Waals surface area contributed by atoms with Gasteiger partial charge in [0.1, 0.15) is 0 Å². The van der Waals surface area contributed by atoms with E-state index in [9.17, 15) is 13.2 Å². The maximum Gasteiger partial charge on any atom is 0.418 e. The molecule has 0 atom stereocenters. The quantitative estimate of drug-likeness (QED) is 0.764. The third-order valence-corrected chi connectivity index (χ3v) is 3.61. The lowest BCUT2D eigenvalue weighted by Gasteiger charge is -2.12. The van der Waals surface area contributed by atoms with E-state index in [4.69, 9.17) is 28.5 Å². The van der Waals surface area contributed by atoms with Crippen molar-refractivity contribution >= 4 is 23.2 Å². The number of nitrogens with zero attached hydrogens (tertiary/aromatic N) is 2. The SMILES string of the molecule is N#CCc1cc(-c2cccc(Cl)c2Cl)ncc1C(F)(F)F. The zero-order chi connectivity index (χ0) is 15.6. The Hall–Kier alpha value is -1.77. The van der Waals surface area contributed by atoms with Crippen LogP contribution in [0.5, 0.6) is 0 Å². The van der Waals surface area contributed by atoms with E-state index in [1.54, 1.807) is 24.3 Å². The monoisotopic (exact) mass is 330 g/mol. The molecule has 2 rings (SSSR count). The summed E-state index contributed by atoms with van der Waals surface area (Å²) in [4.78, 5) is 3.79. The number of halogens is 5. The first-order valence-corrected chi connectivity index (χ1v) is 6.47. The van der Waals surface area contributed by atoms with Crippen LogP contribution in [-0.4, -0.2) is 4.98 Å². The fraction of sp³-hybridized carbons (Fsp3) is 0.143. The average Bonchev–Trinajstić information content (AvgIpc) is 2.41. The van der Waals surface area contributed by atoms with Crippen molar-refractivity contribution in [2.24, 2.45) is 0 Å². The molecular weight excluding hydrogens is 324 g/mol. The van der Waals surface area contributed by atoms with Crippen LogP contribution in [0.25, 0.3) is 11.3 Å². The van der Waals surface area contributed by atoms with E-state index < -0.39 is 11.7 Å². The van der Waals surface area contributed by atoms with Crippen LogP contribution >= 0.6 is 23.2 Å². The molecular formula is C14H7Cl2F3N2. The number of pyridine rings is 1. The van der Waals surface area contributed by atoms with Crippen molar-refractivity contribution in [2.75, 3.05) is 0 Å². The van der Waals surface area contributed by atoms with Gasteiger partial charge in [0.05, 0.1) is 33.8 Å². The van der Waals surface area contributed by atoms with Gasteiger partial charge in [-0.2, -0.15) is 18.4 Å². The van der Waals surface area contributed by atoms with Crippen molar-refractivity contribution in [3.63, 3.8) is 0 Å². The number of benzene rings is 1. The predicted molar refractivity (Wildman–Crippen MR) is 74.0 cm³/mol. The number of hydrogen-bond donors (Lipinski definition) is 0. The molecule has 2 aromatic rings. The zero-order valence-electron chi connectivity index (χ0n) is 10.4. The number of nitriles is 1. The standard InChI is InChI=1S/C14H7Cl2F3N2/c15-11-3-1-2-9(13(11)16)12-6-8(4-5-20)10(7-21-12)14(17,18)19/h1-3,6-7H,4H2. The third-order valence-electron chi connectivity index (χ3n) is 2.79. The maximum atomic E-state index is 12.9. The van der Waals surface area contributed by atoms with Crippen LogP contribution in [0.2, 0.25) is 10.0 Å². The highest BCUT2D eigenvalue weighted by Crippen LogP contribution is 2.36. The minimum Gasteiger partial charge on any atom is -0.256 e. The molecule has 1 aromatic heterocycles. The van der Waals surface area contributed by atoms with Gasteiger partial charge < -0.3 is 0 Å². The lowest BCUT2D eigenvalue weighted by atomic mass is 10.0. The average molecular weight is 331 g/mol. The normalized spacial score (nSPS) is 11.2. The van der Waals surface area contributed by atoms with Crippen LogP contribution in [0.4, 0.5) is 13.2 Å². The molecule has 0 spiro atoms. The van der Waals surface area contributed by atoms with Crippen LogP contribution in [0.3, 0.4) is 0 Å². The Morgan fingerprint density at radius 2 is 1.95 bits per heavy atom. The van der Waals surface area contributed by atoms with Crippen molar-refractivity contribution in [3.05, 3.63) is 51.6 Å². The Labute approximate surface area is 128 Å². The van der Waals surface area contributed by atoms with Gasteiger partial charge >= 0.3 is 6.18 Å². The fourth-order valence-corrected chi connectivity index (χ4v) is 2.23. The van der Waals surface area contributed by atoms with E-state index in [-0.39, 0.29) is 27.7 Å². The van der Waals surface area contributed by atoms with E-state index in [0.29, 0.717) is 11.8 Å². The topological polar surface area (TPSA) is 36.7 Å². The van der Waals surface area contributed by atoms with Crippen molar-refractivity contribution in [2.45, 2.75) is 12.6 Å². The Morgan fingerprint density at radius 1 is 1.24 bits per heavy atom. The van der Waals surface area contributed by atoms with E-state index in [1.807, 2.05) is 0 Å². The molecule has 1 heterocycles. The lowest BCUT2D eigenvalue weighted by molar-refractivity contribution is -0.138. The molecule has 7 heteroatoms. The van der Waals surface area contributed by atoms with Gasteiger partial charge in [0.2, 0.25) is 0 Å². The Balaban J connectivity index is 2.60. The van der Waals surface area contributed by atoms with E-state index >= 15 is 0 Å². The fourth-order valence-electron chi connectivity index (χ4n) is 1.83. The molecule has 0 aliphatic carbocycles. The molecule has 0 amide bonds. The smallest absolute Gasteiger partial charge is 0.256 e. The van der Waals surface area contributed by atoms with Gasteiger partial charge in [0.25, 0.3) is 0 Å². The van der Waals surface area contributed by atoms with Gasteiger partial charge in [-0.15, -0.1) is 0 Å². The summed E-state index contributed by atoms with van der Waals surface area (Å²) in [7, 11) is 0. The van der Waals surface area contributed by atoms with Crippen LogP contribution in [0.15, 0.2) is 30.5 Å². The van der Waals surface area contributed by atoms with Crippen LogP contribution in [0, 0.1) is 11.3 Å². The molecule has 0 fully saturated rings. The molecule has 21 heavy (non-hydrogen) atoms.